The molecule has 2 aromatic heterocycles. The van der Waals surface area contributed by atoms with E-state index < -0.39 is 4.92 Å². The first-order valence-corrected chi connectivity index (χ1v) is 10.0. The Morgan fingerprint density at radius 3 is 2.47 bits per heavy atom. The molecule has 0 aliphatic heterocycles. The molecular weight excluding hydrogens is 406 g/mol. The zero-order valence-corrected chi connectivity index (χ0v) is 17.6. The lowest BCUT2D eigenvalue weighted by molar-refractivity contribution is -0.383. The van der Waals surface area contributed by atoms with E-state index in [0.29, 0.717) is 27.8 Å². The van der Waals surface area contributed by atoms with Crippen molar-refractivity contribution in [2.24, 2.45) is 0 Å². The summed E-state index contributed by atoms with van der Waals surface area (Å²) in [6.45, 7) is 3.82. The summed E-state index contributed by atoms with van der Waals surface area (Å²) in [5.41, 5.74) is 4.03. The Labute approximate surface area is 184 Å². The highest BCUT2D eigenvalue weighted by atomic mass is 16.6. The van der Waals surface area contributed by atoms with Crippen molar-refractivity contribution < 1.29 is 9.72 Å². The molecule has 2 aromatic carbocycles. The zero-order valence-electron chi connectivity index (χ0n) is 17.6. The Morgan fingerprint density at radius 2 is 1.78 bits per heavy atom. The number of nitrogens with one attached hydrogen (secondary N) is 2. The summed E-state index contributed by atoms with van der Waals surface area (Å²) in [6, 6.07) is 17.6. The van der Waals surface area contributed by atoms with Gasteiger partial charge < -0.3 is 10.6 Å². The van der Waals surface area contributed by atoms with E-state index in [1.54, 1.807) is 30.6 Å². The van der Waals surface area contributed by atoms with Crippen molar-refractivity contribution in [3.63, 3.8) is 0 Å². The minimum Gasteiger partial charge on any atom is -0.378 e. The first-order valence-electron chi connectivity index (χ1n) is 10.0. The molecule has 2 N–H and O–H groups in total. The van der Waals surface area contributed by atoms with Crippen LogP contribution in [0.5, 0.6) is 0 Å². The van der Waals surface area contributed by atoms with E-state index in [1.807, 2.05) is 50.2 Å². The second-order valence-corrected chi connectivity index (χ2v) is 7.42. The van der Waals surface area contributed by atoms with Gasteiger partial charge in [-0.1, -0.05) is 24.3 Å². The number of fused-ring (bicyclic) bond motifs is 1. The Balaban J connectivity index is 1.54. The summed E-state index contributed by atoms with van der Waals surface area (Å²) in [5.74, 6) is -0.202. The Morgan fingerprint density at radius 1 is 1.06 bits per heavy atom. The van der Waals surface area contributed by atoms with Crippen LogP contribution in [0.3, 0.4) is 0 Å². The molecule has 0 saturated heterocycles. The van der Waals surface area contributed by atoms with Crippen molar-refractivity contribution in [1.29, 1.82) is 0 Å². The SMILES string of the molecule is Cc1cc(NC(C)c2ccc(NC(=O)c3ccncc3)cc2)c2cccc([N+](=O)[O-])c2n1. The van der Waals surface area contributed by atoms with Crippen LogP contribution in [0.1, 0.15) is 34.6 Å². The van der Waals surface area contributed by atoms with Crippen LogP contribution in [0.25, 0.3) is 10.9 Å². The molecule has 0 bridgehead atoms. The van der Waals surface area contributed by atoms with Crippen molar-refractivity contribution in [3.05, 3.63) is 100.0 Å². The van der Waals surface area contributed by atoms with Crippen molar-refractivity contribution in [3.8, 4) is 0 Å². The number of nitrogens with zero attached hydrogens (tertiary/aromatic N) is 3. The lowest BCUT2D eigenvalue weighted by atomic mass is 10.1. The number of carbonyl (C=O) groups excluding carboxylic acids is 1. The van der Waals surface area contributed by atoms with E-state index in [9.17, 15) is 14.9 Å². The van der Waals surface area contributed by atoms with Gasteiger partial charge in [0, 0.05) is 52.5 Å². The van der Waals surface area contributed by atoms with Crippen LogP contribution >= 0.6 is 0 Å². The number of non-ortho nitro benzene ring substituents is 1. The number of anilines is 2. The Hall–Kier alpha value is -4.33. The van der Waals surface area contributed by atoms with Crippen LogP contribution < -0.4 is 10.6 Å². The normalized spacial score (nSPS) is 11.7. The number of aromatic nitrogens is 2. The molecule has 4 rings (SSSR count). The van der Waals surface area contributed by atoms with Gasteiger partial charge in [-0.2, -0.15) is 0 Å². The topological polar surface area (TPSA) is 110 Å². The summed E-state index contributed by atoms with van der Waals surface area (Å²) in [4.78, 5) is 31.6. The number of para-hydroxylation sites is 1. The number of benzene rings is 2. The molecule has 32 heavy (non-hydrogen) atoms. The van der Waals surface area contributed by atoms with Crippen LogP contribution in [0.2, 0.25) is 0 Å². The number of carbonyl (C=O) groups is 1. The van der Waals surface area contributed by atoms with Gasteiger partial charge in [0.1, 0.15) is 0 Å². The maximum absolute atomic E-state index is 12.3. The van der Waals surface area contributed by atoms with E-state index in [-0.39, 0.29) is 17.6 Å². The molecule has 0 fully saturated rings. The molecule has 8 heteroatoms. The lowest BCUT2D eigenvalue weighted by Crippen LogP contribution is -2.12. The smallest absolute Gasteiger partial charge is 0.295 e. The number of nitro groups is 1. The summed E-state index contributed by atoms with van der Waals surface area (Å²) in [5, 5.41) is 18.4. The highest BCUT2D eigenvalue weighted by molar-refractivity contribution is 6.04. The Kier molecular flexibility index (Phi) is 5.76. The first-order chi connectivity index (χ1) is 15.4. The molecule has 1 unspecified atom stereocenters. The molecule has 2 heterocycles. The maximum atomic E-state index is 12.3. The monoisotopic (exact) mass is 427 g/mol. The zero-order chi connectivity index (χ0) is 22.7. The lowest BCUT2D eigenvalue weighted by Gasteiger charge is -2.18. The van der Waals surface area contributed by atoms with Crippen LogP contribution in [0.4, 0.5) is 17.1 Å². The van der Waals surface area contributed by atoms with Crippen molar-refractivity contribution in [2.75, 3.05) is 10.6 Å². The minimum atomic E-state index is -0.416. The van der Waals surface area contributed by atoms with Gasteiger partial charge in [-0.05, 0) is 49.7 Å². The van der Waals surface area contributed by atoms with Crippen molar-refractivity contribution in [2.45, 2.75) is 19.9 Å². The number of hydrogen-bond donors (Lipinski definition) is 2. The van der Waals surface area contributed by atoms with Crippen LogP contribution in [-0.2, 0) is 0 Å². The molecule has 0 aliphatic rings. The molecule has 0 spiro atoms. The summed E-state index contributed by atoms with van der Waals surface area (Å²) >= 11 is 0. The Bertz CT molecular complexity index is 1290. The van der Waals surface area contributed by atoms with Gasteiger partial charge in [0.2, 0.25) is 0 Å². The highest BCUT2D eigenvalue weighted by Crippen LogP contribution is 2.32. The number of nitro benzene ring substituents is 1. The van der Waals surface area contributed by atoms with Crippen LogP contribution in [0.15, 0.2) is 73.1 Å². The van der Waals surface area contributed by atoms with Crippen molar-refractivity contribution >= 4 is 33.9 Å². The van der Waals surface area contributed by atoms with Gasteiger partial charge in [0.15, 0.2) is 5.52 Å². The number of rotatable bonds is 6. The minimum absolute atomic E-state index is 0.0174. The van der Waals surface area contributed by atoms with Gasteiger partial charge in [-0.15, -0.1) is 0 Å². The predicted octanol–water partition coefficient (Wildman–Crippen LogP) is 5.27. The first kappa shape index (κ1) is 20.9. The molecule has 160 valence electrons. The summed E-state index contributed by atoms with van der Waals surface area (Å²) < 4.78 is 0. The van der Waals surface area contributed by atoms with Gasteiger partial charge in [-0.25, -0.2) is 4.98 Å². The van der Waals surface area contributed by atoms with Gasteiger partial charge in [0.05, 0.1) is 4.92 Å². The quantitative estimate of drug-likeness (QED) is 0.320. The van der Waals surface area contributed by atoms with Crippen LogP contribution in [-0.4, -0.2) is 20.8 Å². The molecule has 8 nitrogen and oxygen atoms in total. The number of amides is 1. The van der Waals surface area contributed by atoms with E-state index >= 15 is 0 Å². The van der Waals surface area contributed by atoms with Gasteiger partial charge in [-0.3, -0.25) is 19.9 Å². The fourth-order valence-corrected chi connectivity index (χ4v) is 3.51. The molecule has 4 aromatic rings. The van der Waals surface area contributed by atoms with E-state index in [1.165, 1.54) is 6.07 Å². The predicted molar refractivity (Wildman–Crippen MR) is 124 cm³/mol. The number of hydrogen-bond acceptors (Lipinski definition) is 6. The van der Waals surface area contributed by atoms with Crippen LogP contribution in [0, 0.1) is 17.0 Å². The standard InChI is InChI=1S/C24H21N5O3/c1-15-14-21(20-4-3-5-22(29(31)32)23(20)26-15)27-16(2)17-6-8-19(9-7-17)28-24(30)18-10-12-25-13-11-18/h3-14,16H,1-2H3,(H,26,27)(H,28,30). The maximum Gasteiger partial charge on any atom is 0.295 e. The summed E-state index contributed by atoms with van der Waals surface area (Å²) in [7, 11) is 0. The summed E-state index contributed by atoms with van der Waals surface area (Å²) in [6.07, 6.45) is 3.15. The van der Waals surface area contributed by atoms with Gasteiger partial charge in [0.25, 0.3) is 11.6 Å². The van der Waals surface area contributed by atoms with E-state index in [2.05, 4.69) is 20.6 Å². The third-order valence-corrected chi connectivity index (χ3v) is 5.13. The number of aryl methyl sites for hydroxylation is 1. The fourth-order valence-electron chi connectivity index (χ4n) is 3.51. The molecule has 1 amide bonds. The average Bonchev–Trinajstić information content (AvgIpc) is 2.79. The fraction of sp³-hybridized carbons (Fsp3) is 0.125. The third kappa shape index (κ3) is 4.39. The second kappa shape index (κ2) is 8.81. The van der Waals surface area contributed by atoms with Gasteiger partial charge >= 0.3 is 0 Å². The largest absolute Gasteiger partial charge is 0.378 e. The third-order valence-electron chi connectivity index (χ3n) is 5.13. The molecule has 0 saturated carbocycles. The van der Waals surface area contributed by atoms with E-state index in [0.717, 1.165) is 11.3 Å². The van der Waals surface area contributed by atoms with E-state index in [4.69, 9.17) is 0 Å². The highest BCUT2D eigenvalue weighted by Gasteiger charge is 2.17. The molecule has 0 radical (unpaired) electrons. The van der Waals surface area contributed by atoms with Crippen molar-refractivity contribution in [1.82, 2.24) is 9.97 Å². The average molecular weight is 427 g/mol. The molecular formula is C24H21N5O3. The number of pyridine rings is 2. The molecule has 0 aliphatic carbocycles. The molecule has 1 atom stereocenters. The second-order valence-electron chi connectivity index (χ2n) is 7.42.